The first kappa shape index (κ1) is 31.3. The molecule has 4 aliphatic rings. The van der Waals surface area contributed by atoms with Crippen molar-refractivity contribution >= 4 is 52.5 Å². The number of aromatic hydroxyl groups is 1. The molecule has 1 saturated carbocycles. The van der Waals surface area contributed by atoms with E-state index in [9.17, 15) is 19.5 Å². The van der Waals surface area contributed by atoms with Gasteiger partial charge in [-0.2, -0.15) is 5.01 Å². The molecule has 2 N–H and O–H groups in total. The summed E-state index contributed by atoms with van der Waals surface area (Å²) in [7, 11) is 1.55. The molecule has 0 radical (unpaired) electrons. The van der Waals surface area contributed by atoms with Crippen molar-refractivity contribution in [2.45, 2.75) is 38.0 Å². The summed E-state index contributed by atoms with van der Waals surface area (Å²) < 4.78 is 5.44. The number of fused-ring (bicyclic) bond motifs is 4. The number of benzene rings is 3. The van der Waals surface area contributed by atoms with Gasteiger partial charge in [-0.15, -0.1) is 0 Å². The van der Waals surface area contributed by atoms with E-state index in [1.165, 1.54) is 11.0 Å². The molecule has 2 heterocycles. The van der Waals surface area contributed by atoms with Gasteiger partial charge in [-0.05, 0) is 85.7 Å². The third-order valence-electron chi connectivity index (χ3n) is 10.5. The Kier molecular flexibility index (Phi) is 7.60. The largest absolute Gasteiger partial charge is 0.508 e. The number of hydrogen-bond acceptors (Lipinski definition) is 7. The lowest BCUT2D eigenvalue weighted by molar-refractivity contribution is -0.141. The molecular formula is C36H33Cl2N3O6. The SMILES string of the molecule is CCN1C(=O)[C@H]2[C@H](CC=C3[C@H]2C[C@H]2C(=O)N(Nc4ccc(Cl)cc4Cl)C(=O)[C@@]2(c2ccc(OC)cc2)[C@H]3c2ccc(O)c(C)c2)C1=O. The van der Waals surface area contributed by atoms with Crippen LogP contribution in [-0.2, 0) is 24.6 Å². The van der Waals surface area contributed by atoms with Gasteiger partial charge in [0.25, 0.3) is 11.8 Å². The van der Waals surface area contributed by atoms with E-state index < -0.39 is 46.8 Å². The number of rotatable bonds is 6. The van der Waals surface area contributed by atoms with Gasteiger partial charge in [0.05, 0.1) is 41.0 Å². The summed E-state index contributed by atoms with van der Waals surface area (Å²) in [6, 6.07) is 17.1. The van der Waals surface area contributed by atoms with Crippen LogP contribution in [0.5, 0.6) is 11.5 Å². The van der Waals surface area contributed by atoms with Crippen LogP contribution in [0.3, 0.4) is 0 Å². The van der Waals surface area contributed by atoms with Crippen LogP contribution in [0.25, 0.3) is 0 Å². The van der Waals surface area contributed by atoms with Gasteiger partial charge in [-0.25, -0.2) is 0 Å². The molecule has 7 rings (SSSR count). The third kappa shape index (κ3) is 4.50. The molecule has 3 aromatic carbocycles. The molecule has 2 saturated heterocycles. The van der Waals surface area contributed by atoms with Gasteiger partial charge in [0.1, 0.15) is 11.5 Å². The number of carbonyl (C=O) groups excluding carboxylic acids is 4. The number of halogens is 2. The third-order valence-corrected chi connectivity index (χ3v) is 11.1. The van der Waals surface area contributed by atoms with Crippen LogP contribution in [0.4, 0.5) is 5.69 Å². The molecule has 0 bridgehead atoms. The Balaban J connectivity index is 1.47. The quantitative estimate of drug-likeness (QED) is 0.243. The minimum Gasteiger partial charge on any atom is -0.508 e. The number of amides is 4. The topological polar surface area (TPSA) is 116 Å². The fourth-order valence-electron chi connectivity index (χ4n) is 8.45. The number of ether oxygens (including phenoxy) is 1. The summed E-state index contributed by atoms with van der Waals surface area (Å²) in [5.74, 6) is -3.97. The average molecular weight is 675 g/mol. The Labute approximate surface area is 282 Å². The van der Waals surface area contributed by atoms with E-state index in [1.54, 1.807) is 57.4 Å². The van der Waals surface area contributed by atoms with Crippen molar-refractivity contribution in [2.24, 2.45) is 23.7 Å². The maximum Gasteiger partial charge on any atom is 0.260 e. The molecule has 0 unspecified atom stereocenters. The number of nitrogens with zero attached hydrogens (tertiary/aromatic N) is 2. The predicted octanol–water partition coefficient (Wildman–Crippen LogP) is 6.02. The first-order chi connectivity index (χ1) is 22.5. The van der Waals surface area contributed by atoms with Crippen LogP contribution < -0.4 is 10.2 Å². The number of imide groups is 2. The molecule has 242 valence electrons. The fourth-order valence-corrected chi connectivity index (χ4v) is 8.90. The van der Waals surface area contributed by atoms with Gasteiger partial charge in [-0.1, -0.05) is 59.1 Å². The Morgan fingerprint density at radius 1 is 0.957 bits per heavy atom. The van der Waals surface area contributed by atoms with Gasteiger partial charge in [-0.3, -0.25) is 29.5 Å². The molecule has 0 spiro atoms. The minimum atomic E-state index is -1.45. The van der Waals surface area contributed by atoms with Crippen molar-refractivity contribution in [1.29, 1.82) is 0 Å². The molecule has 0 aromatic heterocycles. The molecule has 3 fully saturated rings. The van der Waals surface area contributed by atoms with Crippen LogP contribution in [0.15, 0.2) is 72.3 Å². The van der Waals surface area contributed by atoms with Crippen LogP contribution >= 0.6 is 23.2 Å². The van der Waals surface area contributed by atoms with E-state index >= 15 is 4.79 Å². The summed E-state index contributed by atoms with van der Waals surface area (Å²) >= 11 is 12.6. The van der Waals surface area contributed by atoms with Gasteiger partial charge < -0.3 is 9.84 Å². The Morgan fingerprint density at radius 2 is 1.70 bits per heavy atom. The fraction of sp³-hybridized carbons (Fsp3) is 0.333. The highest BCUT2D eigenvalue weighted by atomic mass is 35.5. The summed E-state index contributed by atoms with van der Waals surface area (Å²) in [6.07, 6.45) is 2.54. The molecule has 3 aromatic rings. The standard InChI is InChI=1S/C36H33Cl2N3O6/c1-4-40-32(43)24-12-11-23-25(30(24)34(40)45)17-26-33(44)41(39-28-13-8-21(37)16-27(28)38)35(46)36(26,20-6-9-22(47-3)10-7-20)31(23)19-5-14-29(42)18(2)15-19/h5-11,13-16,24-26,30-31,39,42H,4,12,17H2,1-3H3/t24-,25+,26-,30-,31-,36+/m0/s1. The lowest BCUT2D eigenvalue weighted by atomic mass is 9.49. The van der Waals surface area contributed by atoms with Crippen molar-refractivity contribution in [2.75, 3.05) is 19.1 Å². The maximum absolute atomic E-state index is 15.2. The number of anilines is 1. The van der Waals surface area contributed by atoms with Crippen molar-refractivity contribution in [3.05, 3.63) is 99.0 Å². The van der Waals surface area contributed by atoms with Crippen molar-refractivity contribution < 1.29 is 29.0 Å². The normalized spacial score (nSPS) is 28.2. The van der Waals surface area contributed by atoms with Crippen LogP contribution in [0.1, 0.15) is 42.4 Å². The Hall–Kier alpha value is -4.34. The molecule has 47 heavy (non-hydrogen) atoms. The number of methoxy groups -OCH3 is 1. The van der Waals surface area contributed by atoms with E-state index in [1.807, 2.05) is 24.3 Å². The highest BCUT2D eigenvalue weighted by molar-refractivity contribution is 6.36. The second-order valence-corrected chi connectivity index (χ2v) is 13.5. The van der Waals surface area contributed by atoms with Crippen molar-refractivity contribution in [3.8, 4) is 11.5 Å². The second-order valence-electron chi connectivity index (χ2n) is 12.7. The van der Waals surface area contributed by atoms with E-state index in [-0.39, 0.29) is 35.6 Å². The van der Waals surface area contributed by atoms with Crippen molar-refractivity contribution in [1.82, 2.24) is 9.91 Å². The summed E-state index contributed by atoms with van der Waals surface area (Å²) in [4.78, 5) is 58.4. The molecule has 2 aliphatic heterocycles. The lowest BCUT2D eigenvalue weighted by Gasteiger charge is -2.50. The zero-order chi connectivity index (χ0) is 33.4. The number of likely N-dealkylation sites (tertiary alicyclic amines) is 1. The number of phenolic OH excluding ortho intramolecular Hbond substituents is 1. The Bertz CT molecular complexity index is 1880. The van der Waals surface area contributed by atoms with E-state index in [4.69, 9.17) is 27.9 Å². The minimum absolute atomic E-state index is 0.0958. The number of nitrogens with one attached hydrogen (secondary N) is 1. The van der Waals surface area contributed by atoms with Crippen LogP contribution in [-0.4, -0.2) is 52.3 Å². The first-order valence-corrected chi connectivity index (χ1v) is 16.4. The highest BCUT2D eigenvalue weighted by Crippen LogP contribution is 2.64. The van der Waals surface area contributed by atoms with E-state index in [0.717, 1.165) is 10.6 Å². The molecule has 4 amide bonds. The lowest BCUT2D eigenvalue weighted by Crippen LogP contribution is -2.53. The summed E-state index contributed by atoms with van der Waals surface area (Å²) in [6.45, 7) is 3.82. The smallest absolute Gasteiger partial charge is 0.260 e. The second kappa shape index (κ2) is 11.4. The zero-order valence-electron chi connectivity index (χ0n) is 26.0. The highest BCUT2D eigenvalue weighted by Gasteiger charge is 2.70. The molecular weight excluding hydrogens is 641 g/mol. The number of allylic oxidation sites excluding steroid dienone is 2. The van der Waals surface area contributed by atoms with E-state index in [0.29, 0.717) is 39.6 Å². The number of carbonyl (C=O) groups is 4. The predicted molar refractivity (Wildman–Crippen MR) is 176 cm³/mol. The number of hydrazine groups is 1. The van der Waals surface area contributed by atoms with E-state index in [2.05, 4.69) is 5.43 Å². The van der Waals surface area contributed by atoms with Gasteiger partial charge in [0.15, 0.2) is 0 Å². The van der Waals surface area contributed by atoms with Crippen LogP contribution in [0, 0.1) is 30.6 Å². The maximum atomic E-state index is 15.2. The van der Waals surface area contributed by atoms with Gasteiger partial charge in [0, 0.05) is 17.5 Å². The molecule has 9 nitrogen and oxygen atoms in total. The first-order valence-electron chi connectivity index (χ1n) is 15.6. The summed E-state index contributed by atoms with van der Waals surface area (Å²) in [5.41, 5.74) is 4.63. The average Bonchev–Trinajstić information content (AvgIpc) is 3.44. The number of aryl methyl sites for hydroxylation is 1. The van der Waals surface area contributed by atoms with Crippen LogP contribution in [0.2, 0.25) is 10.0 Å². The van der Waals surface area contributed by atoms with Crippen molar-refractivity contribution in [3.63, 3.8) is 0 Å². The van der Waals surface area contributed by atoms with Gasteiger partial charge in [0.2, 0.25) is 11.8 Å². The molecule has 2 aliphatic carbocycles. The monoisotopic (exact) mass is 673 g/mol. The zero-order valence-corrected chi connectivity index (χ0v) is 27.5. The summed E-state index contributed by atoms with van der Waals surface area (Å²) in [5, 5.41) is 12.2. The number of hydrogen-bond donors (Lipinski definition) is 2. The molecule has 6 atom stereocenters. The Morgan fingerprint density at radius 3 is 2.36 bits per heavy atom. The van der Waals surface area contributed by atoms with Gasteiger partial charge >= 0.3 is 0 Å². The number of phenols is 1. The molecule has 11 heteroatoms.